The van der Waals surface area contributed by atoms with Gasteiger partial charge in [0.1, 0.15) is 0 Å². The molecule has 2 rings (SSSR count). The first kappa shape index (κ1) is 11.4. The van der Waals surface area contributed by atoms with Gasteiger partial charge in [-0.05, 0) is 38.5 Å². The van der Waals surface area contributed by atoms with Gasteiger partial charge in [0.05, 0.1) is 0 Å². The molecule has 2 aliphatic carbocycles. The standard InChI is InChI=1S/C13H26N2/c1-9(2)14-13-8-11(13)7-10(3)15-12-5-4-6-12/h9-15H,4-8H2,1-3H3. The molecule has 0 radical (unpaired) electrons. The SMILES string of the molecule is CC(C)NC1CC1CC(C)NC1CCC1. The van der Waals surface area contributed by atoms with Gasteiger partial charge in [0, 0.05) is 24.2 Å². The van der Waals surface area contributed by atoms with Gasteiger partial charge in [-0.1, -0.05) is 20.3 Å². The summed E-state index contributed by atoms with van der Waals surface area (Å²) in [5.41, 5.74) is 0. The lowest BCUT2D eigenvalue weighted by Crippen LogP contribution is -2.41. The van der Waals surface area contributed by atoms with Gasteiger partial charge < -0.3 is 10.6 Å². The minimum absolute atomic E-state index is 0.648. The zero-order valence-corrected chi connectivity index (χ0v) is 10.4. The average Bonchev–Trinajstić information content (AvgIpc) is 2.75. The number of hydrogen-bond donors (Lipinski definition) is 2. The molecule has 0 heterocycles. The van der Waals surface area contributed by atoms with E-state index in [1.807, 2.05) is 0 Å². The molecule has 2 nitrogen and oxygen atoms in total. The Balaban J connectivity index is 1.57. The van der Waals surface area contributed by atoms with Crippen LogP contribution in [0.2, 0.25) is 0 Å². The Bertz CT molecular complexity index is 199. The fourth-order valence-corrected chi connectivity index (χ4v) is 2.64. The lowest BCUT2D eigenvalue weighted by atomic mass is 9.92. The summed E-state index contributed by atoms with van der Waals surface area (Å²) in [6.07, 6.45) is 7.01. The number of nitrogens with one attached hydrogen (secondary N) is 2. The van der Waals surface area contributed by atoms with Crippen molar-refractivity contribution in [1.82, 2.24) is 10.6 Å². The third-order valence-electron chi connectivity index (χ3n) is 3.75. The molecule has 0 aromatic rings. The summed E-state index contributed by atoms with van der Waals surface area (Å²) < 4.78 is 0. The molecule has 0 spiro atoms. The second kappa shape index (κ2) is 4.84. The van der Waals surface area contributed by atoms with Gasteiger partial charge in [0.2, 0.25) is 0 Å². The molecule has 0 aliphatic heterocycles. The van der Waals surface area contributed by atoms with E-state index < -0.39 is 0 Å². The van der Waals surface area contributed by atoms with Gasteiger partial charge in [0.15, 0.2) is 0 Å². The average molecular weight is 210 g/mol. The van der Waals surface area contributed by atoms with Crippen molar-refractivity contribution < 1.29 is 0 Å². The van der Waals surface area contributed by atoms with Crippen LogP contribution in [0.5, 0.6) is 0 Å². The lowest BCUT2D eigenvalue weighted by Gasteiger charge is -2.30. The molecule has 0 saturated heterocycles. The fraction of sp³-hybridized carbons (Fsp3) is 1.00. The Labute approximate surface area is 94.2 Å². The molecule has 2 N–H and O–H groups in total. The Kier molecular flexibility index (Phi) is 3.68. The highest BCUT2D eigenvalue weighted by molar-refractivity contribution is 4.96. The van der Waals surface area contributed by atoms with Crippen molar-refractivity contribution in [2.45, 2.75) is 77.0 Å². The predicted molar refractivity (Wildman–Crippen MR) is 65.0 cm³/mol. The van der Waals surface area contributed by atoms with Crippen LogP contribution >= 0.6 is 0 Å². The van der Waals surface area contributed by atoms with Crippen LogP contribution in [-0.2, 0) is 0 Å². The van der Waals surface area contributed by atoms with Crippen molar-refractivity contribution >= 4 is 0 Å². The van der Waals surface area contributed by atoms with Crippen LogP contribution in [0, 0.1) is 5.92 Å². The third-order valence-corrected chi connectivity index (χ3v) is 3.75. The van der Waals surface area contributed by atoms with E-state index in [-0.39, 0.29) is 0 Å². The molecule has 0 aromatic heterocycles. The molecular weight excluding hydrogens is 184 g/mol. The minimum atomic E-state index is 0.648. The Morgan fingerprint density at radius 1 is 1.13 bits per heavy atom. The van der Waals surface area contributed by atoms with Crippen molar-refractivity contribution in [2.24, 2.45) is 5.92 Å². The quantitative estimate of drug-likeness (QED) is 0.703. The van der Waals surface area contributed by atoms with Crippen molar-refractivity contribution in [2.75, 3.05) is 0 Å². The summed E-state index contributed by atoms with van der Waals surface area (Å²) >= 11 is 0. The van der Waals surface area contributed by atoms with Crippen LogP contribution < -0.4 is 10.6 Å². The minimum Gasteiger partial charge on any atom is -0.311 e. The summed E-state index contributed by atoms with van der Waals surface area (Å²) in [7, 11) is 0. The van der Waals surface area contributed by atoms with Gasteiger partial charge in [-0.25, -0.2) is 0 Å². The van der Waals surface area contributed by atoms with E-state index in [0.29, 0.717) is 6.04 Å². The summed E-state index contributed by atoms with van der Waals surface area (Å²) in [6, 6.07) is 3.03. The van der Waals surface area contributed by atoms with E-state index in [0.717, 1.165) is 24.0 Å². The zero-order chi connectivity index (χ0) is 10.8. The van der Waals surface area contributed by atoms with E-state index >= 15 is 0 Å². The monoisotopic (exact) mass is 210 g/mol. The molecule has 15 heavy (non-hydrogen) atoms. The molecule has 0 amide bonds. The molecule has 88 valence electrons. The van der Waals surface area contributed by atoms with E-state index in [9.17, 15) is 0 Å². The van der Waals surface area contributed by atoms with E-state index in [1.54, 1.807) is 0 Å². The van der Waals surface area contributed by atoms with E-state index in [4.69, 9.17) is 0 Å². The van der Waals surface area contributed by atoms with E-state index in [2.05, 4.69) is 31.4 Å². The molecule has 2 aliphatic rings. The smallest absolute Gasteiger partial charge is 0.0102 e. The third kappa shape index (κ3) is 3.46. The normalized spacial score (nSPS) is 32.8. The highest BCUT2D eigenvalue weighted by Crippen LogP contribution is 2.35. The van der Waals surface area contributed by atoms with Crippen LogP contribution in [0.4, 0.5) is 0 Å². The number of hydrogen-bond acceptors (Lipinski definition) is 2. The summed E-state index contributed by atoms with van der Waals surface area (Å²) in [6.45, 7) is 6.83. The van der Waals surface area contributed by atoms with Crippen LogP contribution in [0.1, 0.15) is 52.9 Å². The van der Waals surface area contributed by atoms with Gasteiger partial charge >= 0.3 is 0 Å². The predicted octanol–water partition coefficient (Wildman–Crippen LogP) is 2.29. The van der Waals surface area contributed by atoms with Crippen molar-refractivity contribution in [1.29, 1.82) is 0 Å². The summed E-state index contributed by atoms with van der Waals surface area (Å²) in [4.78, 5) is 0. The fourth-order valence-electron chi connectivity index (χ4n) is 2.64. The van der Waals surface area contributed by atoms with Crippen LogP contribution in [0.25, 0.3) is 0 Å². The molecular formula is C13H26N2. The molecule has 2 fully saturated rings. The van der Waals surface area contributed by atoms with Crippen molar-refractivity contribution in [3.63, 3.8) is 0 Å². The molecule has 2 heteroatoms. The van der Waals surface area contributed by atoms with Gasteiger partial charge in [0.25, 0.3) is 0 Å². The second-order valence-electron chi connectivity index (χ2n) is 5.85. The summed E-state index contributed by atoms with van der Waals surface area (Å²) in [5, 5.41) is 7.36. The molecule has 3 unspecified atom stereocenters. The number of rotatable bonds is 6. The van der Waals surface area contributed by atoms with Gasteiger partial charge in [-0.3, -0.25) is 0 Å². The second-order valence-corrected chi connectivity index (χ2v) is 5.85. The Hall–Kier alpha value is -0.0800. The van der Waals surface area contributed by atoms with Crippen molar-refractivity contribution in [3.05, 3.63) is 0 Å². The lowest BCUT2D eigenvalue weighted by molar-refractivity contribution is 0.298. The van der Waals surface area contributed by atoms with Gasteiger partial charge in [-0.2, -0.15) is 0 Å². The van der Waals surface area contributed by atoms with E-state index in [1.165, 1.54) is 32.1 Å². The molecule has 0 aromatic carbocycles. The summed E-state index contributed by atoms with van der Waals surface area (Å²) in [5.74, 6) is 0.940. The Morgan fingerprint density at radius 2 is 1.87 bits per heavy atom. The molecule has 0 bridgehead atoms. The van der Waals surface area contributed by atoms with Gasteiger partial charge in [-0.15, -0.1) is 0 Å². The largest absolute Gasteiger partial charge is 0.311 e. The van der Waals surface area contributed by atoms with Crippen LogP contribution in [0.15, 0.2) is 0 Å². The molecule has 2 saturated carbocycles. The van der Waals surface area contributed by atoms with Crippen molar-refractivity contribution in [3.8, 4) is 0 Å². The first-order chi connectivity index (χ1) is 7.15. The Morgan fingerprint density at radius 3 is 2.40 bits per heavy atom. The highest BCUT2D eigenvalue weighted by atomic mass is 15.0. The first-order valence-corrected chi connectivity index (χ1v) is 6.67. The maximum absolute atomic E-state index is 3.73. The highest BCUT2D eigenvalue weighted by Gasteiger charge is 2.38. The topological polar surface area (TPSA) is 24.1 Å². The molecule has 3 atom stereocenters. The zero-order valence-electron chi connectivity index (χ0n) is 10.4. The maximum Gasteiger partial charge on any atom is 0.0102 e. The first-order valence-electron chi connectivity index (χ1n) is 6.67. The van der Waals surface area contributed by atoms with Crippen LogP contribution in [-0.4, -0.2) is 24.2 Å². The maximum atomic E-state index is 3.73. The van der Waals surface area contributed by atoms with Crippen LogP contribution in [0.3, 0.4) is 0 Å².